The van der Waals surface area contributed by atoms with E-state index in [4.69, 9.17) is 4.74 Å². The first-order valence-corrected chi connectivity index (χ1v) is 11.7. The second-order valence-electron chi connectivity index (χ2n) is 9.06. The molecular formula is C27H36N2O3. The molecule has 32 heavy (non-hydrogen) atoms. The Morgan fingerprint density at radius 3 is 2.47 bits per heavy atom. The van der Waals surface area contributed by atoms with E-state index in [1.54, 1.807) is 4.90 Å². The van der Waals surface area contributed by atoms with Crippen molar-refractivity contribution in [1.29, 1.82) is 0 Å². The Bertz CT molecular complexity index is 934. The van der Waals surface area contributed by atoms with Gasteiger partial charge in [-0.25, -0.2) is 0 Å². The van der Waals surface area contributed by atoms with Gasteiger partial charge in [0.2, 0.25) is 5.91 Å². The molecule has 0 unspecified atom stereocenters. The maximum absolute atomic E-state index is 13.2. The van der Waals surface area contributed by atoms with Crippen LogP contribution in [0.4, 0.5) is 0 Å². The van der Waals surface area contributed by atoms with Gasteiger partial charge in [0.1, 0.15) is 11.8 Å². The van der Waals surface area contributed by atoms with Crippen LogP contribution in [0.15, 0.2) is 42.5 Å². The summed E-state index contributed by atoms with van der Waals surface area (Å²) in [6.45, 7) is 8.16. The molecule has 1 atom stereocenters. The zero-order valence-electron chi connectivity index (χ0n) is 19.8. The minimum atomic E-state index is -0.576. The van der Waals surface area contributed by atoms with Crippen molar-refractivity contribution in [2.45, 2.75) is 78.4 Å². The molecule has 2 aromatic carbocycles. The third-order valence-electron chi connectivity index (χ3n) is 6.39. The number of hydrogen-bond donors (Lipinski definition) is 1. The van der Waals surface area contributed by atoms with Gasteiger partial charge in [0, 0.05) is 12.6 Å². The van der Waals surface area contributed by atoms with E-state index in [1.165, 1.54) is 12.0 Å². The van der Waals surface area contributed by atoms with E-state index in [0.717, 1.165) is 42.4 Å². The van der Waals surface area contributed by atoms with Gasteiger partial charge in [-0.2, -0.15) is 0 Å². The SMILES string of the molecule is Cc1cccc(CN(C(=O)COc2ccc(C)c(C)c2)[C@H](C)C(=O)NC2CCCCC2)c1. The molecule has 1 fully saturated rings. The lowest BCUT2D eigenvalue weighted by Crippen LogP contribution is -2.51. The zero-order valence-corrected chi connectivity index (χ0v) is 19.8. The molecule has 0 spiro atoms. The van der Waals surface area contributed by atoms with Crippen LogP contribution in [-0.2, 0) is 16.1 Å². The van der Waals surface area contributed by atoms with Crippen molar-refractivity contribution < 1.29 is 14.3 Å². The van der Waals surface area contributed by atoms with Crippen molar-refractivity contribution in [1.82, 2.24) is 10.2 Å². The second-order valence-corrected chi connectivity index (χ2v) is 9.06. The molecule has 2 amide bonds. The van der Waals surface area contributed by atoms with Crippen molar-refractivity contribution in [2.24, 2.45) is 0 Å². The maximum atomic E-state index is 13.2. The summed E-state index contributed by atoms with van der Waals surface area (Å²) in [6.07, 6.45) is 5.56. The minimum absolute atomic E-state index is 0.0934. The van der Waals surface area contributed by atoms with Crippen LogP contribution in [0.2, 0.25) is 0 Å². The summed E-state index contributed by atoms with van der Waals surface area (Å²) < 4.78 is 5.80. The van der Waals surface area contributed by atoms with Crippen LogP contribution in [0.1, 0.15) is 61.3 Å². The number of nitrogens with one attached hydrogen (secondary N) is 1. The van der Waals surface area contributed by atoms with E-state index in [0.29, 0.717) is 12.3 Å². The minimum Gasteiger partial charge on any atom is -0.484 e. The third kappa shape index (κ3) is 6.59. The molecule has 5 heteroatoms. The van der Waals surface area contributed by atoms with Crippen LogP contribution in [0.25, 0.3) is 0 Å². The van der Waals surface area contributed by atoms with Gasteiger partial charge in [-0.15, -0.1) is 0 Å². The number of nitrogens with zero attached hydrogens (tertiary/aromatic N) is 1. The summed E-state index contributed by atoms with van der Waals surface area (Å²) in [4.78, 5) is 27.9. The summed E-state index contributed by atoms with van der Waals surface area (Å²) in [7, 11) is 0. The molecular weight excluding hydrogens is 400 g/mol. The highest BCUT2D eigenvalue weighted by molar-refractivity contribution is 5.88. The fourth-order valence-corrected chi connectivity index (χ4v) is 4.19. The number of hydrogen-bond acceptors (Lipinski definition) is 3. The van der Waals surface area contributed by atoms with E-state index >= 15 is 0 Å². The van der Waals surface area contributed by atoms with Gasteiger partial charge in [0.15, 0.2) is 6.61 Å². The smallest absolute Gasteiger partial charge is 0.261 e. The van der Waals surface area contributed by atoms with Gasteiger partial charge in [0.25, 0.3) is 5.91 Å². The van der Waals surface area contributed by atoms with E-state index in [9.17, 15) is 9.59 Å². The van der Waals surface area contributed by atoms with E-state index in [-0.39, 0.29) is 24.5 Å². The normalized spacial score (nSPS) is 15.1. The second kappa shape index (κ2) is 11.2. The van der Waals surface area contributed by atoms with Crippen LogP contribution in [-0.4, -0.2) is 35.4 Å². The number of carbonyl (C=O) groups is 2. The fourth-order valence-electron chi connectivity index (χ4n) is 4.19. The van der Waals surface area contributed by atoms with Crippen molar-refractivity contribution >= 4 is 11.8 Å². The molecule has 0 saturated heterocycles. The Morgan fingerprint density at radius 2 is 1.78 bits per heavy atom. The fraction of sp³-hybridized carbons (Fsp3) is 0.481. The highest BCUT2D eigenvalue weighted by Gasteiger charge is 2.28. The van der Waals surface area contributed by atoms with Crippen LogP contribution in [0.5, 0.6) is 5.75 Å². The van der Waals surface area contributed by atoms with Crippen molar-refractivity contribution in [3.8, 4) is 5.75 Å². The lowest BCUT2D eigenvalue weighted by Gasteiger charge is -2.31. The molecule has 1 aliphatic rings. The van der Waals surface area contributed by atoms with Crippen molar-refractivity contribution in [3.05, 3.63) is 64.7 Å². The lowest BCUT2D eigenvalue weighted by molar-refractivity contribution is -0.142. The van der Waals surface area contributed by atoms with E-state index < -0.39 is 6.04 Å². The van der Waals surface area contributed by atoms with Gasteiger partial charge in [-0.3, -0.25) is 9.59 Å². The Hall–Kier alpha value is -2.82. The standard InChI is InChI=1S/C27H36N2O3/c1-19-9-8-10-23(15-19)17-29(22(4)27(31)28-24-11-6-5-7-12-24)26(30)18-32-25-14-13-20(2)21(3)16-25/h8-10,13-16,22,24H,5-7,11-12,17-18H2,1-4H3,(H,28,31)/t22-/m1/s1. The largest absolute Gasteiger partial charge is 0.484 e. The number of carbonyl (C=O) groups excluding carboxylic acids is 2. The van der Waals surface area contributed by atoms with Crippen LogP contribution >= 0.6 is 0 Å². The van der Waals surface area contributed by atoms with Gasteiger partial charge in [-0.1, -0.05) is 55.2 Å². The van der Waals surface area contributed by atoms with Crippen LogP contribution < -0.4 is 10.1 Å². The lowest BCUT2D eigenvalue weighted by atomic mass is 9.95. The highest BCUT2D eigenvalue weighted by atomic mass is 16.5. The van der Waals surface area contributed by atoms with Gasteiger partial charge in [0.05, 0.1) is 0 Å². The number of amides is 2. The molecule has 172 valence electrons. The van der Waals surface area contributed by atoms with Crippen LogP contribution in [0.3, 0.4) is 0 Å². The Balaban J connectivity index is 1.71. The molecule has 1 N–H and O–H groups in total. The monoisotopic (exact) mass is 436 g/mol. The van der Waals surface area contributed by atoms with Gasteiger partial charge in [-0.05, 0) is 69.4 Å². The first kappa shape index (κ1) is 23.8. The predicted molar refractivity (Wildman–Crippen MR) is 128 cm³/mol. The number of aryl methyl sites for hydroxylation is 3. The first-order valence-electron chi connectivity index (χ1n) is 11.7. The average molecular weight is 437 g/mol. The van der Waals surface area contributed by atoms with Crippen molar-refractivity contribution in [3.63, 3.8) is 0 Å². The van der Waals surface area contributed by atoms with Crippen LogP contribution in [0, 0.1) is 20.8 Å². The first-order chi connectivity index (χ1) is 15.3. The number of benzene rings is 2. The average Bonchev–Trinajstić information content (AvgIpc) is 2.78. The predicted octanol–water partition coefficient (Wildman–Crippen LogP) is 4.86. The summed E-state index contributed by atoms with van der Waals surface area (Å²) >= 11 is 0. The quantitative estimate of drug-likeness (QED) is 0.643. The molecule has 2 aromatic rings. The molecule has 1 aliphatic carbocycles. The Labute approximate surface area is 192 Å². The molecule has 0 aromatic heterocycles. The number of rotatable bonds is 8. The molecule has 0 radical (unpaired) electrons. The maximum Gasteiger partial charge on any atom is 0.261 e. The third-order valence-corrected chi connectivity index (χ3v) is 6.39. The summed E-state index contributed by atoms with van der Waals surface area (Å²) in [6, 6.07) is 13.5. The number of ether oxygens (including phenoxy) is 1. The summed E-state index contributed by atoms with van der Waals surface area (Å²) in [5, 5.41) is 3.16. The molecule has 5 nitrogen and oxygen atoms in total. The highest BCUT2D eigenvalue weighted by Crippen LogP contribution is 2.19. The zero-order chi connectivity index (χ0) is 23.1. The molecule has 1 saturated carbocycles. The van der Waals surface area contributed by atoms with E-state index in [2.05, 4.69) is 11.4 Å². The molecule has 3 rings (SSSR count). The molecule has 0 heterocycles. The topological polar surface area (TPSA) is 58.6 Å². The Kier molecular flexibility index (Phi) is 8.32. The summed E-state index contributed by atoms with van der Waals surface area (Å²) in [5.74, 6) is 0.372. The Morgan fingerprint density at radius 1 is 1.03 bits per heavy atom. The van der Waals surface area contributed by atoms with Gasteiger partial charge >= 0.3 is 0 Å². The van der Waals surface area contributed by atoms with E-state index in [1.807, 2.05) is 64.1 Å². The van der Waals surface area contributed by atoms with Gasteiger partial charge < -0.3 is 15.0 Å². The summed E-state index contributed by atoms with van der Waals surface area (Å²) in [5.41, 5.74) is 4.42. The molecule has 0 aliphatic heterocycles. The molecule has 0 bridgehead atoms. The van der Waals surface area contributed by atoms with Crippen molar-refractivity contribution in [2.75, 3.05) is 6.61 Å².